The molecule has 0 aromatic heterocycles. The molecule has 4 N–H and O–H groups in total. The molecule has 3 atom stereocenters. The summed E-state index contributed by atoms with van der Waals surface area (Å²) in [5.41, 5.74) is 5.28. The van der Waals surface area contributed by atoms with Crippen molar-refractivity contribution in [1.82, 2.24) is 5.32 Å². The molecule has 0 radical (unpaired) electrons. The highest BCUT2D eigenvalue weighted by Crippen LogP contribution is 2.14. The van der Waals surface area contributed by atoms with E-state index in [0.29, 0.717) is 37.6 Å². The van der Waals surface area contributed by atoms with Gasteiger partial charge in [-0.05, 0) is 31.3 Å². The molecule has 0 spiro atoms. The fourth-order valence-electron chi connectivity index (χ4n) is 2.03. The van der Waals surface area contributed by atoms with Crippen LogP contribution in [0.1, 0.15) is 47.0 Å². The molecule has 0 bridgehead atoms. The molecular formula is C19H46N2O5Si. The first-order chi connectivity index (χ1) is 12.8. The summed E-state index contributed by atoms with van der Waals surface area (Å²) < 4.78 is 21.5. The number of aliphatic hydroxyl groups is 1. The third kappa shape index (κ3) is 16.6. The second-order valence-electron chi connectivity index (χ2n) is 7.05. The van der Waals surface area contributed by atoms with Crippen LogP contribution in [-0.4, -0.2) is 74.2 Å². The van der Waals surface area contributed by atoms with Gasteiger partial charge < -0.3 is 34.2 Å². The first-order valence-corrected chi connectivity index (χ1v) is 12.1. The number of rotatable bonds is 16. The molecule has 0 fully saturated rings. The number of ether oxygens (including phenoxy) is 1. The number of hydrogen-bond donors (Lipinski definition) is 3. The zero-order valence-electron chi connectivity index (χ0n) is 18.8. The molecule has 0 aromatic carbocycles. The summed E-state index contributed by atoms with van der Waals surface area (Å²) in [4.78, 5) is 0. The molecule has 0 amide bonds. The Balaban J connectivity index is 0. The van der Waals surface area contributed by atoms with Gasteiger partial charge in [-0.1, -0.05) is 40.5 Å². The fraction of sp³-hybridized carbons (Fsp3) is 1.00. The highest BCUT2D eigenvalue weighted by molar-refractivity contribution is 6.60. The molecule has 0 aliphatic heterocycles. The second-order valence-corrected chi connectivity index (χ2v) is 10.1. The van der Waals surface area contributed by atoms with Gasteiger partial charge in [0.15, 0.2) is 0 Å². The monoisotopic (exact) mass is 410 g/mol. The summed E-state index contributed by atoms with van der Waals surface area (Å²) in [6.45, 7) is 11.9. The molecule has 0 aliphatic rings. The average Bonchev–Trinajstić information content (AvgIpc) is 2.70. The Bertz CT molecular complexity index is 298. The molecule has 166 valence electrons. The molecule has 8 heteroatoms. The van der Waals surface area contributed by atoms with Gasteiger partial charge in [-0.2, -0.15) is 0 Å². The molecule has 0 rings (SSSR count). The minimum Gasteiger partial charge on any atom is -0.389 e. The van der Waals surface area contributed by atoms with Gasteiger partial charge in [-0.25, -0.2) is 0 Å². The fourth-order valence-corrected chi connectivity index (χ4v) is 3.72. The van der Waals surface area contributed by atoms with Crippen LogP contribution < -0.4 is 11.1 Å². The van der Waals surface area contributed by atoms with Crippen LogP contribution in [0.5, 0.6) is 0 Å². The van der Waals surface area contributed by atoms with E-state index in [-0.39, 0.29) is 0 Å². The first-order valence-electron chi connectivity index (χ1n) is 10.2. The maximum atomic E-state index is 9.78. The maximum absolute atomic E-state index is 9.78. The molecular weight excluding hydrogens is 364 g/mol. The van der Waals surface area contributed by atoms with Gasteiger partial charge in [0, 0.05) is 40.5 Å². The Morgan fingerprint density at radius 1 is 0.963 bits per heavy atom. The van der Waals surface area contributed by atoms with Crippen molar-refractivity contribution < 1.29 is 23.1 Å². The van der Waals surface area contributed by atoms with Crippen LogP contribution in [0.4, 0.5) is 0 Å². The molecule has 0 aliphatic carbocycles. The van der Waals surface area contributed by atoms with E-state index in [0.717, 1.165) is 25.9 Å². The third-order valence-corrected chi connectivity index (χ3v) is 7.52. The van der Waals surface area contributed by atoms with E-state index in [4.69, 9.17) is 23.7 Å². The van der Waals surface area contributed by atoms with E-state index < -0.39 is 14.9 Å². The predicted octanol–water partition coefficient (Wildman–Crippen LogP) is 2.26. The lowest BCUT2D eigenvalue weighted by atomic mass is 10.1. The summed E-state index contributed by atoms with van der Waals surface area (Å²) in [6, 6.07) is 0.707. The van der Waals surface area contributed by atoms with Crippen LogP contribution >= 0.6 is 0 Å². The summed E-state index contributed by atoms with van der Waals surface area (Å²) in [5, 5.41) is 13.0. The van der Waals surface area contributed by atoms with Gasteiger partial charge >= 0.3 is 8.80 Å². The lowest BCUT2D eigenvalue weighted by Crippen LogP contribution is -2.42. The van der Waals surface area contributed by atoms with Crippen molar-refractivity contribution in [3.63, 3.8) is 0 Å². The van der Waals surface area contributed by atoms with Crippen LogP contribution in [0.3, 0.4) is 0 Å². The van der Waals surface area contributed by atoms with Crippen molar-refractivity contribution in [3.05, 3.63) is 0 Å². The van der Waals surface area contributed by atoms with Gasteiger partial charge in [0.05, 0.1) is 12.7 Å². The van der Waals surface area contributed by atoms with Gasteiger partial charge in [0.2, 0.25) is 0 Å². The summed E-state index contributed by atoms with van der Waals surface area (Å²) >= 11 is 0. The van der Waals surface area contributed by atoms with E-state index in [1.165, 1.54) is 6.42 Å². The maximum Gasteiger partial charge on any atom is 0.500 e. The van der Waals surface area contributed by atoms with E-state index >= 15 is 0 Å². The molecule has 7 nitrogen and oxygen atoms in total. The van der Waals surface area contributed by atoms with Crippen LogP contribution in [0, 0.1) is 11.8 Å². The molecule has 0 aromatic rings. The summed E-state index contributed by atoms with van der Waals surface area (Å²) in [7, 11) is 2.32. The SMILES string of the molecule is CCC(C)CN.CCC(C)CNCC(O)COCCC[Si](OC)(OC)OC. The van der Waals surface area contributed by atoms with Gasteiger partial charge in [0.25, 0.3) is 0 Å². The lowest BCUT2D eigenvalue weighted by molar-refractivity contribution is 0.0349. The first kappa shape index (κ1) is 29.1. The molecule has 3 unspecified atom stereocenters. The average molecular weight is 411 g/mol. The Morgan fingerprint density at radius 3 is 1.93 bits per heavy atom. The standard InChI is InChI=1S/C14H33NO5Si.C5H13N/c1-6-13(2)10-15-11-14(16)12-20-8-7-9-21(17-3,18-4)19-5;1-3-5(2)4-6/h13-16H,6-12H2,1-5H3;5H,3-4,6H2,1-2H3. The lowest BCUT2D eigenvalue weighted by Gasteiger charge is -2.24. The smallest absolute Gasteiger partial charge is 0.389 e. The van der Waals surface area contributed by atoms with E-state index in [9.17, 15) is 5.11 Å². The van der Waals surface area contributed by atoms with Crippen molar-refractivity contribution in [2.75, 3.05) is 54.2 Å². The number of aliphatic hydroxyl groups excluding tert-OH is 1. The van der Waals surface area contributed by atoms with Gasteiger partial charge in [-0.3, -0.25) is 0 Å². The van der Waals surface area contributed by atoms with E-state index in [1.54, 1.807) is 21.3 Å². The van der Waals surface area contributed by atoms with Crippen molar-refractivity contribution in [1.29, 1.82) is 0 Å². The normalized spacial score (nSPS) is 15.0. The molecule has 0 saturated carbocycles. The zero-order valence-corrected chi connectivity index (χ0v) is 19.8. The molecule has 0 heterocycles. The van der Waals surface area contributed by atoms with Crippen LogP contribution in [0.2, 0.25) is 6.04 Å². The van der Waals surface area contributed by atoms with E-state index in [2.05, 4.69) is 33.0 Å². The third-order valence-electron chi connectivity index (χ3n) is 4.68. The van der Waals surface area contributed by atoms with E-state index in [1.807, 2.05) is 0 Å². The Hall–Kier alpha value is -0.0631. The summed E-state index contributed by atoms with van der Waals surface area (Å²) in [6.07, 6.45) is 2.66. The van der Waals surface area contributed by atoms with Crippen LogP contribution in [0.15, 0.2) is 0 Å². The van der Waals surface area contributed by atoms with Gasteiger partial charge in [0.1, 0.15) is 0 Å². The van der Waals surface area contributed by atoms with Crippen LogP contribution in [-0.2, 0) is 18.0 Å². The Kier molecular flexibility index (Phi) is 20.8. The van der Waals surface area contributed by atoms with Gasteiger partial charge in [-0.15, -0.1) is 0 Å². The number of hydrogen-bond acceptors (Lipinski definition) is 7. The molecule has 27 heavy (non-hydrogen) atoms. The number of nitrogens with one attached hydrogen (secondary N) is 1. The van der Waals surface area contributed by atoms with Crippen molar-refractivity contribution in [2.45, 2.75) is 59.1 Å². The minimum atomic E-state index is -2.49. The second kappa shape index (κ2) is 19.3. The van der Waals surface area contributed by atoms with Crippen molar-refractivity contribution in [2.24, 2.45) is 17.6 Å². The van der Waals surface area contributed by atoms with Crippen molar-refractivity contribution in [3.8, 4) is 0 Å². The largest absolute Gasteiger partial charge is 0.500 e. The Morgan fingerprint density at radius 2 is 1.52 bits per heavy atom. The number of nitrogens with two attached hydrogens (primary N) is 1. The van der Waals surface area contributed by atoms with Crippen LogP contribution in [0.25, 0.3) is 0 Å². The minimum absolute atomic E-state index is 0.342. The summed E-state index contributed by atoms with van der Waals surface area (Å²) in [5.74, 6) is 1.35. The highest BCUT2D eigenvalue weighted by Gasteiger charge is 2.36. The quantitative estimate of drug-likeness (QED) is 0.265. The topological polar surface area (TPSA) is 95.2 Å². The Labute approximate surface area is 168 Å². The van der Waals surface area contributed by atoms with Crippen molar-refractivity contribution >= 4 is 8.80 Å². The highest BCUT2D eigenvalue weighted by atomic mass is 28.4. The predicted molar refractivity (Wildman–Crippen MR) is 114 cm³/mol. The molecule has 0 saturated heterocycles. The zero-order chi connectivity index (χ0) is 21.1.